The van der Waals surface area contributed by atoms with E-state index < -0.39 is 0 Å². The number of nitrogens with one attached hydrogen (secondary N) is 1. The quantitative estimate of drug-likeness (QED) is 0.623. The lowest BCUT2D eigenvalue weighted by Crippen LogP contribution is -2.29. The van der Waals surface area contributed by atoms with Gasteiger partial charge in [0.25, 0.3) is 0 Å². The Morgan fingerprint density at radius 2 is 1.76 bits per heavy atom. The lowest BCUT2D eigenvalue weighted by molar-refractivity contribution is 0.419. The summed E-state index contributed by atoms with van der Waals surface area (Å²) in [6, 6.07) is 23.9. The Morgan fingerprint density at radius 1 is 0.880 bits per heavy atom. The maximum Gasteiger partial charge on any atom is 0.0725 e. The van der Waals surface area contributed by atoms with Crippen LogP contribution >= 0.6 is 0 Å². The molecule has 2 aliphatic rings. The highest BCUT2D eigenvalue weighted by Gasteiger charge is 2.38. The first-order valence-electron chi connectivity index (χ1n) is 8.94. The van der Waals surface area contributed by atoms with Crippen molar-refractivity contribution in [2.24, 2.45) is 5.92 Å². The fourth-order valence-corrected chi connectivity index (χ4v) is 4.26. The molecule has 2 heteroatoms. The predicted molar refractivity (Wildman–Crippen MR) is 102 cm³/mol. The molecule has 2 heterocycles. The Kier molecular flexibility index (Phi) is 3.41. The molecule has 3 atom stereocenters. The molecule has 0 bridgehead atoms. The largest absolute Gasteiger partial charge is 0.376 e. The fourth-order valence-electron chi connectivity index (χ4n) is 4.26. The van der Waals surface area contributed by atoms with Gasteiger partial charge >= 0.3 is 0 Å². The summed E-state index contributed by atoms with van der Waals surface area (Å²) < 4.78 is 0. The first kappa shape index (κ1) is 14.5. The molecule has 1 N–H and O–H groups in total. The molecule has 0 saturated heterocycles. The van der Waals surface area contributed by atoms with Crippen LogP contribution in [0.1, 0.15) is 29.6 Å². The predicted octanol–water partition coefficient (Wildman–Crippen LogP) is 5.58. The van der Waals surface area contributed by atoms with E-state index in [9.17, 15) is 0 Å². The molecule has 0 amide bonds. The molecule has 0 fully saturated rings. The molecule has 0 unspecified atom stereocenters. The van der Waals surface area contributed by atoms with Crippen molar-refractivity contribution in [1.29, 1.82) is 0 Å². The molecule has 2 nitrogen and oxygen atoms in total. The lowest BCUT2D eigenvalue weighted by atomic mass is 9.77. The van der Waals surface area contributed by atoms with Gasteiger partial charge in [-0.1, -0.05) is 54.6 Å². The zero-order chi connectivity index (χ0) is 16.6. The molecule has 1 aliphatic carbocycles. The van der Waals surface area contributed by atoms with Crippen LogP contribution in [0.2, 0.25) is 0 Å². The monoisotopic (exact) mass is 324 g/mol. The van der Waals surface area contributed by atoms with E-state index in [0.717, 1.165) is 12.1 Å². The highest BCUT2D eigenvalue weighted by atomic mass is 15.0. The van der Waals surface area contributed by atoms with Crippen LogP contribution in [0.5, 0.6) is 0 Å². The maximum absolute atomic E-state index is 4.61. The summed E-state index contributed by atoms with van der Waals surface area (Å²) in [6.45, 7) is 0. The highest BCUT2D eigenvalue weighted by Crippen LogP contribution is 2.50. The second kappa shape index (κ2) is 5.89. The van der Waals surface area contributed by atoms with Gasteiger partial charge in [-0.15, -0.1) is 0 Å². The third-order valence-corrected chi connectivity index (χ3v) is 5.48. The Balaban J connectivity index is 1.58. The third-order valence-electron chi connectivity index (χ3n) is 5.48. The molecule has 5 rings (SSSR count). The van der Waals surface area contributed by atoms with Crippen LogP contribution in [-0.2, 0) is 0 Å². The topological polar surface area (TPSA) is 24.9 Å². The smallest absolute Gasteiger partial charge is 0.0725 e. The van der Waals surface area contributed by atoms with Crippen LogP contribution in [0.15, 0.2) is 85.1 Å². The molecule has 2 aromatic carbocycles. The van der Waals surface area contributed by atoms with Gasteiger partial charge in [0, 0.05) is 17.8 Å². The van der Waals surface area contributed by atoms with Gasteiger partial charge in [-0.25, -0.2) is 0 Å². The summed E-state index contributed by atoms with van der Waals surface area (Å²) in [4.78, 5) is 4.61. The van der Waals surface area contributed by atoms with E-state index >= 15 is 0 Å². The molecule has 1 aromatic heterocycles. The molecule has 0 saturated carbocycles. The van der Waals surface area contributed by atoms with Crippen LogP contribution in [0.25, 0.3) is 11.1 Å². The molecular formula is C23H20N2. The number of aromatic nitrogens is 1. The number of pyridine rings is 1. The summed E-state index contributed by atoms with van der Waals surface area (Å²) in [5.41, 5.74) is 6.35. The summed E-state index contributed by atoms with van der Waals surface area (Å²) in [6.07, 6.45) is 7.71. The first-order chi connectivity index (χ1) is 12.4. The minimum atomic E-state index is 0.274. The third kappa shape index (κ3) is 2.45. The standard InChI is InChI=1S/C23H20N2/c1-2-7-16(8-3-1)17-12-13-21-20(15-17)18-9-6-10-19(18)23(25-21)22-11-4-5-14-24-22/h1-9,11-15,18-19,23,25H,10H2/t18-,19-,23+/m0/s1. The molecule has 122 valence electrons. The number of fused-ring (bicyclic) bond motifs is 3. The maximum atomic E-state index is 4.61. The van der Waals surface area contributed by atoms with E-state index in [2.05, 4.69) is 83.1 Å². The normalized spacial score (nSPS) is 23.6. The van der Waals surface area contributed by atoms with Crippen molar-refractivity contribution < 1.29 is 0 Å². The average Bonchev–Trinajstić information content (AvgIpc) is 3.18. The van der Waals surface area contributed by atoms with Crippen molar-refractivity contribution in [3.05, 3.63) is 96.3 Å². The van der Waals surface area contributed by atoms with Crippen LogP contribution in [0.4, 0.5) is 5.69 Å². The Hall–Kier alpha value is -2.87. The van der Waals surface area contributed by atoms with Crippen molar-refractivity contribution in [1.82, 2.24) is 4.98 Å². The molecular weight excluding hydrogens is 304 g/mol. The van der Waals surface area contributed by atoms with Gasteiger partial charge in [0.05, 0.1) is 11.7 Å². The van der Waals surface area contributed by atoms with E-state index in [0.29, 0.717) is 11.8 Å². The van der Waals surface area contributed by atoms with Crippen molar-refractivity contribution >= 4 is 5.69 Å². The van der Waals surface area contributed by atoms with Gasteiger partial charge in [0.15, 0.2) is 0 Å². The van der Waals surface area contributed by atoms with E-state index in [1.165, 1.54) is 22.4 Å². The molecule has 1 aliphatic heterocycles. The lowest BCUT2D eigenvalue weighted by Gasteiger charge is -2.37. The average molecular weight is 324 g/mol. The first-order valence-corrected chi connectivity index (χ1v) is 8.94. The second-order valence-electron chi connectivity index (χ2n) is 6.90. The number of hydrogen-bond donors (Lipinski definition) is 1. The van der Waals surface area contributed by atoms with Crippen LogP contribution in [0, 0.1) is 5.92 Å². The van der Waals surface area contributed by atoms with Crippen molar-refractivity contribution in [2.45, 2.75) is 18.4 Å². The number of nitrogens with zero attached hydrogens (tertiary/aromatic N) is 1. The van der Waals surface area contributed by atoms with Crippen molar-refractivity contribution in [2.75, 3.05) is 5.32 Å². The molecule has 3 aromatic rings. The number of hydrogen-bond acceptors (Lipinski definition) is 2. The zero-order valence-corrected chi connectivity index (χ0v) is 14.0. The van der Waals surface area contributed by atoms with Gasteiger partial charge in [-0.2, -0.15) is 0 Å². The fraction of sp³-hybridized carbons (Fsp3) is 0.174. The molecule has 0 radical (unpaired) electrons. The summed E-state index contributed by atoms with van der Waals surface area (Å²) in [5.74, 6) is 1.00. The van der Waals surface area contributed by atoms with E-state index in [1.54, 1.807) is 0 Å². The van der Waals surface area contributed by atoms with Crippen LogP contribution in [0.3, 0.4) is 0 Å². The van der Waals surface area contributed by atoms with E-state index in [1.807, 2.05) is 12.3 Å². The minimum absolute atomic E-state index is 0.274. The van der Waals surface area contributed by atoms with Crippen LogP contribution < -0.4 is 5.32 Å². The van der Waals surface area contributed by atoms with Crippen LogP contribution in [-0.4, -0.2) is 4.98 Å². The van der Waals surface area contributed by atoms with Gasteiger partial charge in [-0.3, -0.25) is 4.98 Å². The van der Waals surface area contributed by atoms with E-state index in [4.69, 9.17) is 0 Å². The number of anilines is 1. The number of allylic oxidation sites excluding steroid dienone is 2. The minimum Gasteiger partial charge on any atom is -0.376 e. The summed E-state index contributed by atoms with van der Waals surface area (Å²) >= 11 is 0. The Bertz CT molecular complexity index is 915. The Labute approximate surface area is 148 Å². The van der Waals surface area contributed by atoms with Gasteiger partial charge < -0.3 is 5.32 Å². The van der Waals surface area contributed by atoms with Gasteiger partial charge in [0.1, 0.15) is 0 Å². The summed E-state index contributed by atoms with van der Waals surface area (Å²) in [5, 5.41) is 3.76. The molecule has 0 spiro atoms. The van der Waals surface area contributed by atoms with Gasteiger partial charge in [-0.05, 0) is 53.3 Å². The van der Waals surface area contributed by atoms with Crippen molar-refractivity contribution in [3.8, 4) is 11.1 Å². The van der Waals surface area contributed by atoms with E-state index in [-0.39, 0.29) is 6.04 Å². The SMILES string of the molecule is C1=C[C@@H]2c3cc(-c4ccccc4)ccc3N[C@@H](c3ccccn3)[C@H]2C1. The highest BCUT2D eigenvalue weighted by molar-refractivity contribution is 5.71. The zero-order valence-electron chi connectivity index (χ0n) is 14.0. The Morgan fingerprint density at radius 3 is 2.60 bits per heavy atom. The number of benzene rings is 2. The van der Waals surface area contributed by atoms with Gasteiger partial charge in [0.2, 0.25) is 0 Å². The summed E-state index contributed by atoms with van der Waals surface area (Å²) in [7, 11) is 0. The van der Waals surface area contributed by atoms with Crippen molar-refractivity contribution in [3.63, 3.8) is 0 Å². The second-order valence-corrected chi connectivity index (χ2v) is 6.90. The molecule has 25 heavy (non-hydrogen) atoms. The number of rotatable bonds is 2.